The predicted octanol–water partition coefficient (Wildman–Crippen LogP) is 3.41. The van der Waals surface area contributed by atoms with Crippen LogP contribution < -0.4 is 0 Å². The van der Waals surface area contributed by atoms with Crippen LogP contribution in [0, 0.1) is 0 Å². The minimum Gasteiger partial charge on any atom is -0.444 e. The van der Waals surface area contributed by atoms with Gasteiger partial charge in [0.25, 0.3) is 0 Å². The Morgan fingerprint density at radius 1 is 1.18 bits per heavy atom. The van der Waals surface area contributed by atoms with E-state index in [0.29, 0.717) is 0 Å². The Labute approximate surface area is 132 Å². The fraction of sp³-hybridized carbons (Fsp3) is 0.556. The van der Waals surface area contributed by atoms with Crippen molar-refractivity contribution in [3.05, 3.63) is 35.9 Å². The highest BCUT2D eigenvalue weighted by Gasteiger charge is 2.45. The highest BCUT2D eigenvalue weighted by Crippen LogP contribution is 2.40. The van der Waals surface area contributed by atoms with Gasteiger partial charge in [0, 0.05) is 24.2 Å². The zero-order chi connectivity index (χ0) is 15.8. The van der Waals surface area contributed by atoms with Crippen molar-refractivity contribution in [1.82, 2.24) is 4.90 Å². The molecule has 2 aliphatic heterocycles. The number of hydrogen-bond donors (Lipinski definition) is 0. The molecule has 4 nitrogen and oxygen atoms in total. The third kappa shape index (κ3) is 3.01. The molecule has 1 aromatic carbocycles. The van der Waals surface area contributed by atoms with Crippen LogP contribution in [0.5, 0.6) is 0 Å². The quantitative estimate of drug-likeness (QED) is 0.840. The van der Waals surface area contributed by atoms with Crippen LogP contribution >= 0.6 is 0 Å². The average Bonchev–Trinajstić information content (AvgIpc) is 3.31. The lowest BCUT2D eigenvalue weighted by atomic mass is 9.71. The average molecular weight is 300 g/mol. The molecule has 22 heavy (non-hydrogen) atoms. The van der Waals surface area contributed by atoms with Gasteiger partial charge in [0.15, 0.2) is 0 Å². The van der Waals surface area contributed by atoms with Crippen molar-refractivity contribution >= 4 is 11.8 Å². The summed E-state index contributed by atoms with van der Waals surface area (Å²) in [6.45, 7) is 8.04. The van der Waals surface area contributed by atoms with E-state index >= 15 is 0 Å². The van der Waals surface area contributed by atoms with Gasteiger partial charge in [-0.25, -0.2) is 4.79 Å². The van der Waals surface area contributed by atoms with Crippen LogP contribution in [0.1, 0.15) is 39.2 Å². The van der Waals surface area contributed by atoms with Gasteiger partial charge in [-0.05, 0) is 39.2 Å². The minimum atomic E-state index is -0.439. The maximum absolute atomic E-state index is 12.2. The molecule has 0 aromatic heterocycles. The van der Waals surface area contributed by atoms with E-state index in [-0.39, 0.29) is 11.5 Å². The fourth-order valence-corrected chi connectivity index (χ4v) is 3.24. The summed E-state index contributed by atoms with van der Waals surface area (Å²) in [6.07, 6.45) is 1.65. The van der Waals surface area contributed by atoms with Gasteiger partial charge in [-0.3, -0.25) is 4.99 Å². The molecule has 0 aliphatic carbocycles. The molecule has 4 heteroatoms. The number of amides is 1. The molecule has 2 aliphatic rings. The van der Waals surface area contributed by atoms with E-state index in [1.165, 1.54) is 11.3 Å². The molecule has 0 bridgehead atoms. The van der Waals surface area contributed by atoms with Crippen molar-refractivity contribution in [1.29, 1.82) is 0 Å². The second kappa shape index (κ2) is 5.41. The molecular formula is C18H24N2O2. The van der Waals surface area contributed by atoms with Gasteiger partial charge in [-0.1, -0.05) is 30.3 Å². The van der Waals surface area contributed by atoms with E-state index in [4.69, 9.17) is 4.74 Å². The van der Waals surface area contributed by atoms with Crippen molar-refractivity contribution in [3.8, 4) is 0 Å². The Morgan fingerprint density at radius 2 is 1.77 bits per heavy atom. The molecule has 1 saturated heterocycles. The van der Waals surface area contributed by atoms with Gasteiger partial charge in [-0.2, -0.15) is 0 Å². The molecule has 1 amide bonds. The Kier molecular flexibility index (Phi) is 3.71. The Balaban J connectivity index is 1.72. The number of piperidine rings is 1. The smallest absolute Gasteiger partial charge is 0.410 e. The van der Waals surface area contributed by atoms with Crippen molar-refractivity contribution in [2.24, 2.45) is 4.99 Å². The summed E-state index contributed by atoms with van der Waals surface area (Å²) in [4.78, 5) is 18.5. The minimum absolute atomic E-state index is 0.0276. The number of hydrogen-bond acceptors (Lipinski definition) is 3. The lowest BCUT2D eigenvalue weighted by Gasteiger charge is -2.40. The number of benzene rings is 1. The summed E-state index contributed by atoms with van der Waals surface area (Å²) in [5, 5.41) is 0. The van der Waals surface area contributed by atoms with Crippen LogP contribution in [0.4, 0.5) is 4.79 Å². The van der Waals surface area contributed by atoms with E-state index in [2.05, 4.69) is 29.3 Å². The molecular weight excluding hydrogens is 276 g/mol. The normalized spacial score (nSPS) is 20.3. The van der Waals surface area contributed by atoms with Gasteiger partial charge >= 0.3 is 6.09 Å². The van der Waals surface area contributed by atoms with Crippen LogP contribution in [0.25, 0.3) is 0 Å². The van der Waals surface area contributed by atoms with Crippen LogP contribution in [0.15, 0.2) is 35.3 Å². The van der Waals surface area contributed by atoms with E-state index < -0.39 is 5.60 Å². The molecule has 118 valence electrons. The van der Waals surface area contributed by atoms with Gasteiger partial charge in [0.05, 0.1) is 6.54 Å². The summed E-state index contributed by atoms with van der Waals surface area (Å²) < 4.78 is 5.48. The van der Waals surface area contributed by atoms with Crippen LogP contribution in [0.2, 0.25) is 0 Å². The third-order valence-electron chi connectivity index (χ3n) is 4.46. The topological polar surface area (TPSA) is 41.9 Å². The van der Waals surface area contributed by atoms with E-state index in [0.717, 1.165) is 32.5 Å². The molecule has 2 heterocycles. The Bertz CT molecular complexity index is 579. The first-order valence-electron chi connectivity index (χ1n) is 7.98. The Morgan fingerprint density at radius 3 is 2.27 bits per heavy atom. The lowest BCUT2D eigenvalue weighted by Crippen LogP contribution is -2.48. The van der Waals surface area contributed by atoms with Gasteiger partial charge in [-0.15, -0.1) is 0 Å². The summed E-state index contributed by atoms with van der Waals surface area (Å²) >= 11 is 0. The van der Waals surface area contributed by atoms with Crippen LogP contribution in [0.3, 0.4) is 0 Å². The SMILES string of the molecule is CC(C)(C)OC(=O)N1CCC(C2=NC2)(c2ccccc2)CC1. The maximum Gasteiger partial charge on any atom is 0.410 e. The summed E-state index contributed by atoms with van der Waals surface area (Å²) in [5.74, 6) is 0. The summed E-state index contributed by atoms with van der Waals surface area (Å²) in [6, 6.07) is 10.6. The molecule has 0 saturated carbocycles. The standard InChI is InChI=1S/C18H24N2O2/c1-17(2,3)22-16(21)20-11-9-18(10-12-20,15-13-19-15)14-7-5-4-6-8-14/h4-8H,9-13H2,1-3H3. The largest absolute Gasteiger partial charge is 0.444 e. The number of carbonyl (C=O) groups excluding carboxylic acids is 1. The highest BCUT2D eigenvalue weighted by molar-refractivity contribution is 6.05. The highest BCUT2D eigenvalue weighted by atomic mass is 16.6. The lowest BCUT2D eigenvalue weighted by molar-refractivity contribution is 0.0190. The van der Waals surface area contributed by atoms with E-state index in [1.807, 2.05) is 31.7 Å². The molecule has 0 atom stereocenters. The molecule has 3 rings (SSSR count). The van der Waals surface area contributed by atoms with Crippen molar-refractivity contribution in [2.75, 3.05) is 19.6 Å². The van der Waals surface area contributed by atoms with Crippen LogP contribution in [-0.4, -0.2) is 41.9 Å². The Hall–Kier alpha value is -1.84. The van der Waals surface area contributed by atoms with Crippen molar-refractivity contribution < 1.29 is 9.53 Å². The second-order valence-corrected chi connectivity index (χ2v) is 7.18. The molecule has 0 unspecified atom stereocenters. The summed E-state index contributed by atoms with van der Waals surface area (Å²) in [5.41, 5.74) is 2.21. The van der Waals surface area contributed by atoms with E-state index in [9.17, 15) is 4.79 Å². The van der Waals surface area contributed by atoms with Crippen LogP contribution in [-0.2, 0) is 10.2 Å². The summed E-state index contributed by atoms with van der Waals surface area (Å²) in [7, 11) is 0. The number of rotatable bonds is 2. The van der Waals surface area contributed by atoms with Crippen molar-refractivity contribution in [3.63, 3.8) is 0 Å². The van der Waals surface area contributed by atoms with E-state index in [1.54, 1.807) is 0 Å². The first-order chi connectivity index (χ1) is 10.4. The number of aliphatic imine (C=N–C) groups is 1. The number of ether oxygens (including phenoxy) is 1. The predicted molar refractivity (Wildman–Crippen MR) is 87.5 cm³/mol. The molecule has 0 radical (unpaired) electrons. The van der Waals surface area contributed by atoms with Gasteiger partial charge in [0.1, 0.15) is 5.60 Å². The third-order valence-corrected chi connectivity index (χ3v) is 4.46. The fourth-order valence-electron chi connectivity index (χ4n) is 3.24. The number of likely N-dealkylation sites (tertiary alicyclic amines) is 1. The molecule has 1 aromatic rings. The zero-order valence-corrected chi connectivity index (χ0v) is 13.6. The maximum atomic E-state index is 12.2. The molecule has 0 N–H and O–H groups in total. The second-order valence-electron chi connectivity index (χ2n) is 7.18. The number of nitrogens with zero attached hydrogens (tertiary/aromatic N) is 2. The first kappa shape index (κ1) is 15.1. The van der Waals surface area contributed by atoms with Crippen molar-refractivity contribution in [2.45, 2.75) is 44.6 Å². The zero-order valence-electron chi connectivity index (χ0n) is 13.6. The van der Waals surface area contributed by atoms with Gasteiger partial charge < -0.3 is 9.64 Å². The monoisotopic (exact) mass is 300 g/mol. The number of carbonyl (C=O) groups is 1. The molecule has 0 spiro atoms. The first-order valence-corrected chi connectivity index (χ1v) is 7.98. The van der Waals surface area contributed by atoms with Gasteiger partial charge in [0.2, 0.25) is 0 Å². The molecule has 1 fully saturated rings.